The van der Waals surface area contributed by atoms with E-state index in [0.717, 1.165) is 36.3 Å². The molecule has 0 N–H and O–H groups in total. The maximum Gasteiger partial charge on any atom is 0.410 e. The van der Waals surface area contributed by atoms with Gasteiger partial charge in [-0.05, 0) is 52.2 Å². The molecular weight excluding hydrogens is 350 g/mol. The molecule has 0 spiro atoms. The first-order chi connectivity index (χ1) is 13.5. The van der Waals surface area contributed by atoms with Crippen molar-refractivity contribution in [2.45, 2.75) is 65.3 Å². The van der Waals surface area contributed by atoms with E-state index in [1.165, 1.54) is 0 Å². The molecule has 0 aliphatic carbocycles. The molecule has 2 aromatic rings. The maximum absolute atomic E-state index is 12.8. The molecule has 1 amide bonds. The van der Waals surface area contributed by atoms with Gasteiger partial charge in [-0.25, -0.2) is 9.78 Å². The predicted molar refractivity (Wildman–Crippen MR) is 112 cm³/mol. The molecule has 150 valence electrons. The zero-order valence-electron chi connectivity index (χ0n) is 17.3. The van der Waals surface area contributed by atoms with Gasteiger partial charge in [0.2, 0.25) is 0 Å². The van der Waals surface area contributed by atoms with E-state index >= 15 is 0 Å². The minimum absolute atomic E-state index is 0.00646. The van der Waals surface area contributed by atoms with Crippen molar-refractivity contribution in [1.29, 1.82) is 0 Å². The number of pyridine rings is 1. The Hall–Kier alpha value is -2.56. The quantitative estimate of drug-likeness (QED) is 0.692. The van der Waals surface area contributed by atoms with E-state index in [0.29, 0.717) is 18.7 Å². The second-order valence-electron chi connectivity index (χ2n) is 7.90. The second kappa shape index (κ2) is 9.09. The van der Waals surface area contributed by atoms with Gasteiger partial charge in [0.1, 0.15) is 12.4 Å². The van der Waals surface area contributed by atoms with E-state index in [2.05, 4.69) is 38.7 Å². The molecule has 0 bridgehead atoms. The maximum atomic E-state index is 12.8. The van der Waals surface area contributed by atoms with Crippen molar-refractivity contribution in [1.82, 2.24) is 9.88 Å². The van der Waals surface area contributed by atoms with Crippen LogP contribution in [0.5, 0.6) is 0 Å². The number of likely N-dealkylation sites (tertiary alicyclic amines) is 1. The second-order valence-corrected chi connectivity index (χ2v) is 7.90. The fraction of sp³-hybridized carbons (Fsp3) is 0.478. The third-order valence-electron chi connectivity index (χ3n) is 5.23. The Labute approximate surface area is 168 Å². The van der Waals surface area contributed by atoms with Crippen LogP contribution in [0.1, 0.15) is 57.7 Å². The van der Waals surface area contributed by atoms with E-state index in [9.17, 15) is 4.79 Å². The molecule has 0 radical (unpaired) electrons. The molecular formula is C23H31N3O2. The fourth-order valence-electron chi connectivity index (χ4n) is 4.08. The molecule has 28 heavy (non-hydrogen) atoms. The summed E-state index contributed by atoms with van der Waals surface area (Å²) in [5.41, 5.74) is 2.11. The molecule has 1 aromatic heterocycles. The Kier molecular flexibility index (Phi) is 6.55. The zero-order valence-corrected chi connectivity index (χ0v) is 17.3. The SMILES string of the molecule is CC(C)N(c1ncccc1[C@H]1CCCN1C(=O)OCc1ccccc1)C(C)C. The lowest BCUT2D eigenvalue weighted by atomic mass is 10.0. The van der Waals surface area contributed by atoms with Crippen LogP contribution in [0.4, 0.5) is 10.6 Å². The van der Waals surface area contributed by atoms with Crippen molar-refractivity contribution < 1.29 is 9.53 Å². The van der Waals surface area contributed by atoms with E-state index in [-0.39, 0.29) is 12.1 Å². The minimum Gasteiger partial charge on any atom is -0.445 e. The summed E-state index contributed by atoms with van der Waals surface area (Å²) in [7, 11) is 0. The van der Waals surface area contributed by atoms with Gasteiger partial charge in [0.25, 0.3) is 0 Å². The average Bonchev–Trinajstić information content (AvgIpc) is 3.16. The summed E-state index contributed by atoms with van der Waals surface area (Å²) in [4.78, 5) is 21.7. The molecule has 1 atom stereocenters. The van der Waals surface area contributed by atoms with Crippen LogP contribution < -0.4 is 4.90 Å². The number of hydrogen-bond donors (Lipinski definition) is 0. The molecule has 1 aliphatic rings. The molecule has 0 saturated carbocycles. The summed E-state index contributed by atoms with van der Waals surface area (Å²) < 4.78 is 5.61. The number of amides is 1. The van der Waals surface area contributed by atoms with E-state index in [4.69, 9.17) is 9.72 Å². The molecule has 1 aromatic carbocycles. The smallest absolute Gasteiger partial charge is 0.410 e. The van der Waals surface area contributed by atoms with Gasteiger partial charge in [-0.15, -0.1) is 0 Å². The minimum atomic E-state index is -0.248. The lowest BCUT2D eigenvalue weighted by molar-refractivity contribution is 0.0921. The van der Waals surface area contributed by atoms with Crippen LogP contribution in [0.3, 0.4) is 0 Å². The van der Waals surface area contributed by atoms with Crippen molar-refractivity contribution >= 4 is 11.9 Å². The lowest BCUT2D eigenvalue weighted by Crippen LogP contribution is -2.39. The summed E-state index contributed by atoms with van der Waals surface area (Å²) in [6, 6.07) is 14.5. The zero-order chi connectivity index (χ0) is 20.1. The van der Waals surface area contributed by atoms with Gasteiger partial charge in [0.15, 0.2) is 0 Å². The standard InChI is InChI=1S/C23H31N3O2/c1-17(2)26(18(3)4)22-20(12-8-14-24-22)21-13-9-15-25(21)23(27)28-16-19-10-6-5-7-11-19/h5-8,10-12,14,17-18,21H,9,13,15-16H2,1-4H3/t21-/m1/s1. The number of rotatable bonds is 6. The topological polar surface area (TPSA) is 45.7 Å². The van der Waals surface area contributed by atoms with E-state index in [1.807, 2.05) is 47.5 Å². The predicted octanol–water partition coefficient (Wildman–Crippen LogP) is 5.18. The van der Waals surface area contributed by atoms with Crippen molar-refractivity contribution in [3.63, 3.8) is 0 Å². The first-order valence-corrected chi connectivity index (χ1v) is 10.2. The highest BCUT2D eigenvalue weighted by Gasteiger charge is 2.34. The molecule has 0 unspecified atom stereocenters. The highest BCUT2D eigenvalue weighted by atomic mass is 16.6. The number of aromatic nitrogens is 1. The number of nitrogens with zero attached hydrogens (tertiary/aromatic N) is 3. The average molecular weight is 382 g/mol. The van der Waals surface area contributed by atoms with Crippen LogP contribution in [0, 0.1) is 0 Å². The van der Waals surface area contributed by atoms with Gasteiger partial charge in [-0.3, -0.25) is 0 Å². The first kappa shape index (κ1) is 20.2. The molecule has 1 fully saturated rings. The molecule has 2 heterocycles. The van der Waals surface area contributed by atoms with Crippen LogP contribution in [0.2, 0.25) is 0 Å². The fourth-order valence-corrected chi connectivity index (χ4v) is 4.08. The Morgan fingerprint density at radius 2 is 1.86 bits per heavy atom. The normalized spacial score (nSPS) is 16.6. The first-order valence-electron chi connectivity index (χ1n) is 10.2. The number of ether oxygens (including phenoxy) is 1. The van der Waals surface area contributed by atoms with Crippen molar-refractivity contribution in [2.24, 2.45) is 0 Å². The van der Waals surface area contributed by atoms with E-state index in [1.54, 1.807) is 0 Å². The van der Waals surface area contributed by atoms with Crippen LogP contribution in [-0.2, 0) is 11.3 Å². The third kappa shape index (κ3) is 4.46. The Bertz CT molecular complexity index is 768. The number of hydrogen-bond acceptors (Lipinski definition) is 4. The number of carbonyl (C=O) groups excluding carboxylic acids is 1. The van der Waals surface area contributed by atoms with Crippen LogP contribution in [0.25, 0.3) is 0 Å². The Morgan fingerprint density at radius 1 is 1.14 bits per heavy atom. The van der Waals surface area contributed by atoms with Crippen LogP contribution >= 0.6 is 0 Å². The van der Waals surface area contributed by atoms with Gasteiger partial charge in [0.05, 0.1) is 6.04 Å². The number of benzene rings is 1. The number of anilines is 1. The van der Waals surface area contributed by atoms with E-state index < -0.39 is 0 Å². The summed E-state index contributed by atoms with van der Waals surface area (Å²) in [5.74, 6) is 0.972. The Morgan fingerprint density at radius 3 is 2.54 bits per heavy atom. The summed E-state index contributed by atoms with van der Waals surface area (Å²) in [6.45, 7) is 9.74. The number of carbonyl (C=O) groups is 1. The molecule has 1 aliphatic heterocycles. The van der Waals surface area contributed by atoms with Crippen molar-refractivity contribution in [3.05, 3.63) is 59.8 Å². The summed E-state index contributed by atoms with van der Waals surface area (Å²) in [5, 5.41) is 0. The third-order valence-corrected chi connectivity index (χ3v) is 5.23. The molecule has 3 rings (SSSR count). The van der Waals surface area contributed by atoms with Crippen LogP contribution in [-0.4, -0.2) is 34.6 Å². The molecule has 1 saturated heterocycles. The monoisotopic (exact) mass is 381 g/mol. The Balaban J connectivity index is 1.80. The summed E-state index contributed by atoms with van der Waals surface area (Å²) >= 11 is 0. The molecule has 5 nitrogen and oxygen atoms in total. The van der Waals surface area contributed by atoms with Crippen molar-refractivity contribution in [2.75, 3.05) is 11.4 Å². The van der Waals surface area contributed by atoms with Gasteiger partial charge in [-0.2, -0.15) is 0 Å². The largest absolute Gasteiger partial charge is 0.445 e. The van der Waals surface area contributed by atoms with Gasteiger partial charge in [0, 0.05) is 30.4 Å². The van der Waals surface area contributed by atoms with Crippen LogP contribution in [0.15, 0.2) is 48.7 Å². The highest BCUT2D eigenvalue weighted by molar-refractivity contribution is 5.69. The summed E-state index contributed by atoms with van der Waals surface area (Å²) in [6.07, 6.45) is 3.50. The molecule has 5 heteroatoms. The highest BCUT2D eigenvalue weighted by Crippen LogP contribution is 2.37. The van der Waals surface area contributed by atoms with Crippen molar-refractivity contribution in [3.8, 4) is 0 Å². The van der Waals surface area contributed by atoms with Gasteiger partial charge in [-0.1, -0.05) is 36.4 Å². The van der Waals surface area contributed by atoms with Gasteiger partial charge < -0.3 is 14.5 Å². The lowest BCUT2D eigenvalue weighted by Gasteiger charge is -2.35. The van der Waals surface area contributed by atoms with Gasteiger partial charge >= 0.3 is 6.09 Å².